The average Bonchev–Trinajstić information content (AvgIpc) is 2.76. The summed E-state index contributed by atoms with van der Waals surface area (Å²) >= 11 is 0. The number of carbonyl (C=O) groups is 2. The van der Waals surface area contributed by atoms with Gasteiger partial charge in [0.05, 0.1) is 6.54 Å². The van der Waals surface area contributed by atoms with E-state index in [1.165, 1.54) is 0 Å². The van der Waals surface area contributed by atoms with Gasteiger partial charge in [0.15, 0.2) is 5.96 Å². The minimum absolute atomic E-state index is 0.0242. The van der Waals surface area contributed by atoms with Crippen molar-refractivity contribution < 1.29 is 9.59 Å². The summed E-state index contributed by atoms with van der Waals surface area (Å²) in [7, 11) is 1.63. The summed E-state index contributed by atoms with van der Waals surface area (Å²) in [5.41, 5.74) is 3.55. The van der Waals surface area contributed by atoms with Crippen molar-refractivity contribution in [2.24, 2.45) is 10.9 Å². The molecular weight excluding hydrogens is 402 g/mol. The molecule has 7 nitrogen and oxygen atoms in total. The summed E-state index contributed by atoms with van der Waals surface area (Å²) < 4.78 is 0. The van der Waals surface area contributed by atoms with Gasteiger partial charge in [-0.3, -0.25) is 9.59 Å². The van der Waals surface area contributed by atoms with Crippen molar-refractivity contribution in [3.05, 3.63) is 65.2 Å². The van der Waals surface area contributed by atoms with E-state index in [2.05, 4.69) is 26.3 Å². The second-order valence-corrected chi connectivity index (χ2v) is 8.00. The first-order valence-corrected chi connectivity index (χ1v) is 11.1. The highest BCUT2D eigenvalue weighted by atomic mass is 16.2. The number of nitrogens with zero attached hydrogens (tertiary/aromatic N) is 1. The van der Waals surface area contributed by atoms with Gasteiger partial charge in [0.1, 0.15) is 0 Å². The summed E-state index contributed by atoms with van der Waals surface area (Å²) in [5.74, 6) is 0.987. The molecule has 0 unspecified atom stereocenters. The van der Waals surface area contributed by atoms with Crippen molar-refractivity contribution in [3.63, 3.8) is 0 Å². The van der Waals surface area contributed by atoms with Gasteiger partial charge in [-0.25, -0.2) is 4.99 Å². The quantitative estimate of drug-likeness (QED) is 0.339. The van der Waals surface area contributed by atoms with Crippen molar-refractivity contribution >= 4 is 23.5 Å². The Morgan fingerprint density at radius 2 is 1.75 bits per heavy atom. The molecule has 0 aliphatic carbocycles. The van der Waals surface area contributed by atoms with E-state index in [1.807, 2.05) is 63.2 Å². The number of anilines is 1. The molecule has 0 aromatic heterocycles. The van der Waals surface area contributed by atoms with Crippen LogP contribution in [0, 0.1) is 5.92 Å². The summed E-state index contributed by atoms with van der Waals surface area (Å²) in [6.45, 7) is 8.01. The Bertz CT molecular complexity index is 924. The molecule has 0 aliphatic heterocycles. The predicted molar refractivity (Wildman–Crippen MR) is 131 cm³/mol. The highest BCUT2D eigenvalue weighted by Crippen LogP contribution is 2.13. The molecule has 2 aromatic carbocycles. The number of carbonyl (C=O) groups excluding carboxylic acids is 2. The van der Waals surface area contributed by atoms with E-state index in [4.69, 9.17) is 0 Å². The van der Waals surface area contributed by atoms with E-state index in [1.54, 1.807) is 13.1 Å². The van der Waals surface area contributed by atoms with Gasteiger partial charge in [-0.15, -0.1) is 0 Å². The maximum absolute atomic E-state index is 12.0. The summed E-state index contributed by atoms with van der Waals surface area (Å²) in [6.07, 6.45) is 1.27. The van der Waals surface area contributed by atoms with E-state index in [0.29, 0.717) is 31.0 Å². The van der Waals surface area contributed by atoms with Crippen LogP contribution in [0.15, 0.2) is 53.5 Å². The highest BCUT2D eigenvalue weighted by molar-refractivity contribution is 5.94. The Labute approximate surface area is 191 Å². The van der Waals surface area contributed by atoms with E-state index in [0.717, 1.165) is 35.7 Å². The summed E-state index contributed by atoms with van der Waals surface area (Å²) in [5, 5.41) is 12.2. The van der Waals surface area contributed by atoms with E-state index in [-0.39, 0.29) is 11.8 Å². The van der Waals surface area contributed by atoms with Crippen LogP contribution in [-0.2, 0) is 17.8 Å². The molecular formula is C25H35N5O2. The smallest absolute Gasteiger partial charge is 0.251 e. The third kappa shape index (κ3) is 8.79. The standard InChI is InChI=1S/C25H35N5O2/c1-5-27-25(28-13-12-19-8-6-10-21(15-19)24(32)26-4)29-17-20-9-7-11-22(16-20)30-23(31)14-18(2)3/h6-11,15-16,18H,5,12-14,17H2,1-4H3,(H,26,32)(H,30,31)(H2,27,28,29). The molecule has 32 heavy (non-hydrogen) atoms. The number of hydrogen-bond acceptors (Lipinski definition) is 3. The van der Waals surface area contributed by atoms with Crippen molar-refractivity contribution in [2.75, 3.05) is 25.5 Å². The lowest BCUT2D eigenvalue weighted by atomic mass is 10.1. The number of aliphatic imine (C=N–C) groups is 1. The van der Waals surface area contributed by atoms with Crippen LogP contribution in [0.3, 0.4) is 0 Å². The molecule has 0 radical (unpaired) electrons. The molecule has 0 spiro atoms. The normalized spacial score (nSPS) is 11.2. The van der Waals surface area contributed by atoms with Crippen LogP contribution < -0.4 is 21.3 Å². The molecule has 0 saturated heterocycles. The van der Waals surface area contributed by atoms with Crippen LogP contribution >= 0.6 is 0 Å². The van der Waals surface area contributed by atoms with Gasteiger partial charge >= 0.3 is 0 Å². The number of nitrogens with one attached hydrogen (secondary N) is 4. The zero-order chi connectivity index (χ0) is 23.3. The van der Waals surface area contributed by atoms with Crippen LogP contribution in [0.25, 0.3) is 0 Å². The number of amides is 2. The van der Waals surface area contributed by atoms with Crippen molar-refractivity contribution in [3.8, 4) is 0 Å². The zero-order valence-corrected chi connectivity index (χ0v) is 19.5. The SMILES string of the molecule is CCNC(=NCc1cccc(NC(=O)CC(C)C)c1)NCCc1cccc(C(=O)NC)c1. The molecule has 2 rings (SSSR count). The van der Waals surface area contributed by atoms with Crippen molar-refractivity contribution in [1.82, 2.24) is 16.0 Å². The molecule has 4 N–H and O–H groups in total. The molecule has 172 valence electrons. The third-order valence-electron chi connectivity index (χ3n) is 4.69. The molecule has 0 aliphatic rings. The molecule has 7 heteroatoms. The minimum atomic E-state index is -0.0858. The Hall–Kier alpha value is -3.35. The highest BCUT2D eigenvalue weighted by Gasteiger charge is 2.06. The van der Waals surface area contributed by atoms with Crippen LogP contribution in [0.5, 0.6) is 0 Å². The largest absolute Gasteiger partial charge is 0.357 e. The number of rotatable bonds is 10. The van der Waals surface area contributed by atoms with Gasteiger partial charge in [-0.1, -0.05) is 38.1 Å². The maximum Gasteiger partial charge on any atom is 0.251 e. The first kappa shape index (κ1) is 24.9. The van der Waals surface area contributed by atoms with Crippen LogP contribution in [0.1, 0.15) is 48.7 Å². The van der Waals surface area contributed by atoms with E-state index in [9.17, 15) is 9.59 Å². The Kier molecular flexibility index (Phi) is 10.2. The van der Waals surface area contributed by atoms with Gasteiger partial charge in [0.25, 0.3) is 5.91 Å². The molecule has 0 fully saturated rings. The van der Waals surface area contributed by atoms with Gasteiger partial charge in [-0.2, -0.15) is 0 Å². The maximum atomic E-state index is 12.0. The van der Waals surface area contributed by atoms with E-state index >= 15 is 0 Å². The first-order valence-electron chi connectivity index (χ1n) is 11.1. The fraction of sp³-hybridized carbons (Fsp3) is 0.400. The first-order chi connectivity index (χ1) is 15.4. The monoisotopic (exact) mass is 437 g/mol. The Morgan fingerprint density at radius 3 is 2.47 bits per heavy atom. The Morgan fingerprint density at radius 1 is 1.00 bits per heavy atom. The van der Waals surface area contributed by atoms with Gasteiger partial charge in [-0.05, 0) is 54.7 Å². The molecule has 2 amide bonds. The van der Waals surface area contributed by atoms with E-state index < -0.39 is 0 Å². The van der Waals surface area contributed by atoms with Crippen molar-refractivity contribution in [1.29, 1.82) is 0 Å². The molecule has 0 bridgehead atoms. The lowest BCUT2D eigenvalue weighted by molar-refractivity contribution is -0.116. The zero-order valence-electron chi connectivity index (χ0n) is 19.5. The van der Waals surface area contributed by atoms with Gasteiger partial charge in [0.2, 0.25) is 5.91 Å². The minimum Gasteiger partial charge on any atom is -0.357 e. The lowest BCUT2D eigenvalue weighted by Gasteiger charge is -2.12. The molecule has 0 atom stereocenters. The fourth-order valence-corrected chi connectivity index (χ4v) is 3.18. The number of guanidine groups is 1. The third-order valence-corrected chi connectivity index (χ3v) is 4.69. The fourth-order valence-electron chi connectivity index (χ4n) is 3.18. The summed E-state index contributed by atoms with van der Waals surface area (Å²) in [6, 6.07) is 15.4. The second kappa shape index (κ2) is 13.1. The number of benzene rings is 2. The molecule has 0 heterocycles. The van der Waals surface area contributed by atoms with Crippen LogP contribution in [-0.4, -0.2) is 37.9 Å². The second-order valence-electron chi connectivity index (χ2n) is 8.00. The topological polar surface area (TPSA) is 94.6 Å². The molecule has 2 aromatic rings. The number of hydrogen-bond donors (Lipinski definition) is 4. The Balaban J connectivity index is 1.93. The van der Waals surface area contributed by atoms with Crippen LogP contribution in [0.2, 0.25) is 0 Å². The van der Waals surface area contributed by atoms with Crippen molar-refractivity contribution in [2.45, 2.75) is 40.2 Å². The summed E-state index contributed by atoms with van der Waals surface area (Å²) in [4.78, 5) is 28.5. The van der Waals surface area contributed by atoms with Gasteiger partial charge < -0.3 is 21.3 Å². The predicted octanol–water partition coefficient (Wildman–Crippen LogP) is 3.33. The molecule has 0 saturated carbocycles. The van der Waals surface area contributed by atoms with Gasteiger partial charge in [0, 0.05) is 37.8 Å². The lowest BCUT2D eigenvalue weighted by Crippen LogP contribution is -2.38. The average molecular weight is 438 g/mol. The van der Waals surface area contributed by atoms with Crippen LogP contribution in [0.4, 0.5) is 5.69 Å².